The molecule has 0 aliphatic carbocycles. The second-order valence-electron chi connectivity index (χ2n) is 8.80. The molecular weight excluding hydrogens is 376 g/mol. The van der Waals surface area contributed by atoms with Crippen molar-refractivity contribution in [2.45, 2.75) is 103 Å². The Morgan fingerprint density at radius 2 is 1.52 bits per heavy atom. The van der Waals surface area contributed by atoms with Gasteiger partial charge in [0.15, 0.2) is 16.6 Å². The van der Waals surface area contributed by atoms with Crippen LogP contribution >= 0.6 is 0 Å². The minimum Gasteiger partial charge on any atom is -0.478 e. The van der Waals surface area contributed by atoms with Crippen LogP contribution < -0.4 is 0 Å². The first kappa shape index (κ1) is 26.1. The SMILES string of the molecule is CCCCCCCCC(CC[Si](C)(C)O[Si](C)(C)C)OC(=O)/C=C/C(=O)O. The minimum atomic E-state index is -1.80. The van der Waals surface area contributed by atoms with E-state index in [0.717, 1.165) is 43.9 Å². The quantitative estimate of drug-likeness (QED) is 0.159. The number of ether oxygens (including phenoxy) is 1. The third-order valence-electron chi connectivity index (χ3n) is 4.18. The zero-order valence-electron chi connectivity index (χ0n) is 18.2. The molecule has 7 heteroatoms. The van der Waals surface area contributed by atoms with Gasteiger partial charge in [0.1, 0.15) is 6.10 Å². The van der Waals surface area contributed by atoms with Crippen LogP contribution in [0.15, 0.2) is 12.2 Å². The summed E-state index contributed by atoms with van der Waals surface area (Å²) in [7, 11) is -3.38. The zero-order valence-corrected chi connectivity index (χ0v) is 20.2. The summed E-state index contributed by atoms with van der Waals surface area (Å²) in [6.07, 6.45) is 10.4. The van der Waals surface area contributed by atoms with Crippen LogP contribution in [0, 0.1) is 0 Å². The van der Waals surface area contributed by atoms with Gasteiger partial charge in [-0.25, -0.2) is 9.59 Å². The van der Waals surface area contributed by atoms with Gasteiger partial charge in [0.25, 0.3) is 0 Å². The van der Waals surface area contributed by atoms with Crippen molar-refractivity contribution in [3.05, 3.63) is 12.2 Å². The van der Waals surface area contributed by atoms with Crippen molar-refractivity contribution in [3.8, 4) is 0 Å². The Morgan fingerprint density at radius 1 is 0.926 bits per heavy atom. The Labute approximate surface area is 167 Å². The largest absolute Gasteiger partial charge is 0.478 e. The number of aliphatic carboxylic acids is 1. The van der Waals surface area contributed by atoms with Crippen LogP contribution in [0.5, 0.6) is 0 Å². The Morgan fingerprint density at radius 3 is 2.07 bits per heavy atom. The summed E-state index contributed by atoms with van der Waals surface area (Å²) >= 11 is 0. The zero-order chi connectivity index (χ0) is 20.9. The summed E-state index contributed by atoms with van der Waals surface area (Å²) in [5, 5.41) is 8.66. The normalized spacial score (nSPS) is 13.7. The van der Waals surface area contributed by atoms with E-state index in [4.69, 9.17) is 14.0 Å². The number of carboxylic acids is 1. The number of esters is 1. The fourth-order valence-electron chi connectivity index (χ4n) is 3.15. The van der Waals surface area contributed by atoms with E-state index in [0.29, 0.717) is 0 Å². The average Bonchev–Trinajstić information content (AvgIpc) is 2.51. The van der Waals surface area contributed by atoms with E-state index < -0.39 is 28.6 Å². The third kappa shape index (κ3) is 16.9. The summed E-state index contributed by atoms with van der Waals surface area (Å²) in [5.74, 6) is -1.71. The van der Waals surface area contributed by atoms with Crippen LogP contribution in [0.2, 0.25) is 38.8 Å². The predicted octanol–water partition coefficient (Wildman–Crippen LogP) is 5.74. The lowest BCUT2D eigenvalue weighted by Gasteiger charge is -2.32. The van der Waals surface area contributed by atoms with Crippen molar-refractivity contribution < 1.29 is 23.5 Å². The number of unbranched alkanes of at least 4 members (excludes halogenated alkanes) is 5. The highest BCUT2D eigenvalue weighted by Crippen LogP contribution is 2.23. The molecule has 5 nitrogen and oxygen atoms in total. The molecule has 0 aliphatic heterocycles. The Hall–Kier alpha value is -0.926. The lowest BCUT2D eigenvalue weighted by molar-refractivity contribution is -0.144. The lowest BCUT2D eigenvalue weighted by atomic mass is 10.1. The molecule has 0 aliphatic rings. The molecule has 1 N–H and O–H groups in total. The van der Waals surface area contributed by atoms with E-state index in [1.165, 1.54) is 25.7 Å². The Bertz CT molecular complexity index is 469. The van der Waals surface area contributed by atoms with Crippen LogP contribution in [0.25, 0.3) is 0 Å². The van der Waals surface area contributed by atoms with Gasteiger partial charge in [-0.2, -0.15) is 0 Å². The molecule has 0 rings (SSSR count). The fourth-order valence-corrected chi connectivity index (χ4v) is 11.2. The smallest absolute Gasteiger partial charge is 0.331 e. The fraction of sp³-hybridized carbons (Fsp3) is 0.800. The molecule has 0 aromatic heterocycles. The summed E-state index contributed by atoms with van der Waals surface area (Å²) in [4.78, 5) is 22.5. The molecule has 0 amide bonds. The number of carbonyl (C=O) groups excluding carboxylic acids is 1. The van der Waals surface area contributed by atoms with Gasteiger partial charge in [0.2, 0.25) is 0 Å². The number of carboxylic acid groups (broad SMARTS) is 1. The second kappa shape index (κ2) is 13.3. The van der Waals surface area contributed by atoms with Crippen molar-refractivity contribution >= 4 is 28.6 Å². The topological polar surface area (TPSA) is 72.8 Å². The monoisotopic (exact) mass is 416 g/mol. The maximum Gasteiger partial charge on any atom is 0.331 e. The molecule has 158 valence electrons. The van der Waals surface area contributed by atoms with Gasteiger partial charge in [-0.1, -0.05) is 39.0 Å². The van der Waals surface area contributed by atoms with Crippen molar-refractivity contribution in [1.29, 1.82) is 0 Å². The van der Waals surface area contributed by atoms with Gasteiger partial charge in [-0.15, -0.1) is 0 Å². The van der Waals surface area contributed by atoms with Crippen molar-refractivity contribution in [3.63, 3.8) is 0 Å². The molecule has 0 radical (unpaired) electrons. The standard InChI is InChI=1S/C20H40O5Si2/c1-7-8-9-10-11-12-13-18(24-20(23)15-14-19(21)22)16-17-27(5,6)25-26(2,3)4/h14-15,18H,7-13,16-17H2,1-6H3,(H,21,22)/b15-14+. The predicted molar refractivity (Wildman–Crippen MR) is 116 cm³/mol. The highest BCUT2D eigenvalue weighted by Gasteiger charge is 2.30. The molecule has 1 atom stereocenters. The molecule has 0 fully saturated rings. The minimum absolute atomic E-state index is 0.167. The van der Waals surface area contributed by atoms with Gasteiger partial charge < -0.3 is 14.0 Å². The molecule has 0 saturated heterocycles. The van der Waals surface area contributed by atoms with Crippen molar-refractivity contribution in [2.75, 3.05) is 0 Å². The number of rotatable bonds is 15. The summed E-state index contributed by atoms with van der Waals surface area (Å²) in [6, 6.07) is 0.938. The van der Waals surface area contributed by atoms with E-state index in [1.807, 2.05) is 0 Å². The lowest BCUT2D eigenvalue weighted by Crippen LogP contribution is -2.42. The van der Waals surface area contributed by atoms with E-state index in [2.05, 4.69) is 39.7 Å². The highest BCUT2D eigenvalue weighted by atomic mass is 28.4. The number of carbonyl (C=O) groups is 2. The van der Waals surface area contributed by atoms with Crippen LogP contribution in [-0.2, 0) is 18.4 Å². The molecule has 0 heterocycles. The van der Waals surface area contributed by atoms with Crippen LogP contribution in [0.3, 0.4) is 0 Å². The maximum absolute atomic E-state index is 11.9. The third-order valence-corrected chi connectivity index (χ3v) is 10.3. The van der Waals surface area contributed by atoms with Gasteiger partial charge in [-0.3, -0.25) is 0 Å². The average molecular weight is 417 g/mol. The summed E-state index contributed by atoms with van der Waals surface area (Å²) < 4.78 is 11.9. The number of hydrogen-bond donors (Lipinski definition) is 1. The molecule has 0 saturated carbocycles. The Balaban J connectivity index is 4.62. The van der Waals surface area contributed by atoms with Gasteiger partial charge in [-0.05, 0) is 58.0 Å². The van der Waals surface area contributed by atoms with Crippen molar-refractivity contribution in [1.82, 2.24) is 0 Å². The summed E-state index contributed by atoms with van der Waals surface area (Å²) in [6.45, 7) is 13.2. The molecule has 0 spiro atoms. The molecule has 1 unspecified atom stereocenters. The van der Waals surface area contributed by atoms with E-state index >= 15 is 0 Å². The molecule has 0 bridgehead atoms. The van der Waals surface area contributed by atoms with Gasteiger partial charge >= 0.3 is 11.9 Å². The molecule has 27 heavy (non-hydrogen) atoms. The number of hydrogen-bond acceptors (Lipinski definition) is 4. The molecule has 0 aromatic rings. The first-order valence-corrected chi connectivity index (χ1v) is 16.8. The molecule has 0 aromatic carbocycles. The van der Waals surface area contributed by atoms with Crippen LogP contribution in [0.1, 0.15) is 58.3 Å². The highest BCUT2D eigenvalue weighted by molar-refractivity contribution is 6.84. The van der Waals surface area contributed by atoms with E-state index in [1.54, 1.807) is 0 Å². The summed E-state index contributed by atoms with van der Waals surface area (Å²) in [5.41, 5.74) is 0. The van der Waals surface area contributed by atoms with Gasteiger partial charge in [0.05, 0.1) is 0 Å². The van der Waals surface area contributed by atoms with Crippen LogP contribution in [-0.4, -0.2) is 39.8 Å². The first-order chi connectivity index (χ1) is 12.4. The van der Waals surface area contributed by atoms with Crippen molar-refractivity contribution in [2.24, 2.45) is 0 Å². The van der Waals surface area contributed by atoms with Crippen LogP contribution in [0.4, 0.5) is 0 Å². The molecular formula is C20H40O5Si2. The first-order valence-electron chi connectivity index (χ1n) is 10.3. The Kier molecular flexibility index (Phi) is 12.8. The van der Waals surface area contributed by atoms with E-state index in [-0.39, 0.29) is 6.10 Å². The second-order valence-corrected chi connectivity index (χ2v) is 17.9. The van der Waals surface area contributed by atoms with Gasteiger partial charge in [0, 0.05) is 12.2 Å². The van der Waals surface area contributed by atoms with E-state index in [9.17, 15) is 9.59 Å². The maximum atomic E-state index is 11.9.